The molecule has 164 valence electrons. The van der Waals surface area contributed by atoms with E-state index in [2.05, 4.69) is 0 Å². The number of esters is 1. The van der Waals surface area contributed by atoms with Crippen LogP contribution in [0, 0.1) is 13.8 Å². The van der Waals surface area contributed by atoms with Gasteiger partial charge in [0.1, 0.15) is 5.69 Å². The highest BCUT2D eigenvalue weighted by Gasteiger charge is 2.36. The van der Waals surface area contributed by atoms with Gasteiger partial charge in [-0.1, -0.05) is 18.2 Å². The lowest BCUT2D eigenvalue weighted by atomic mass is 10.0. The molecule has 1 aromatic carbocycles. The van der Waals surface area contributed by atoms with Crippen molar-refractivity contribution in [2.24, 2.45) is 7.05 Å². The highest BCUT2D eigenvalue weighted by molar-refractivity contribution is 7.89. The summed E-state index contributed by atoms with van der Waals surface area (Å²) in [4.78, 5) is 25.7. The number of sulfonamides is 1. The van der Waals surface area contributed by atoms with Gasteiger partial charge in [-0.15, -0.1) is 0 Å². The summed E-state index contributed by atoms with van der Waals surface area (Å²) in [6.45, 7) is 5.05. The number of benzene rings is 1. The lowest BCUT2D eigenvalue weighted by molar-refractivity contribution is 0.0588. The van der Waals surface area contributed by atoms with Crippen molar-refractivity contribution in [3.05, 3.63) is 52.8 Å². The van der Waals surface area contributed by atoms with Crippen LogP contribution in [0.15, 0.2) is 35.2 Å². The molecule has 30 heavy (non-hydrogen) atoms. The summed E-state index contributed by atoms with van der Waals surface area (Å²) >= 11 is 0. The van der Waals surface area contributed by atoms with Crippen molar-refractivity contribution in [2.45, 2.75) is 31.7 Å². The summed E-state index contributed by atoms with van der Waals surface area (Å²) in [6, 6.07) is 6.94. The zero-order chi connectivity index (χ0) is 22.6. The van der Waals surface area contributed by atoms with Crippen molar-refractivity contribution < 1.29 is 27.5 Å². The highest BCUT2D eigenvalue weighted by Crippen LogP contribution is 2.26. The molecule has 8 nitrogen and oxygen atoms in total. The van der Waals surface area contributed by atoms with Crippen molar-refractivity contribution in [3.63, 3.8) is 0 Å². The largest absolute Gasteiger partial charge is 0.464 e. The number of hydrogen-bond donors (Lipinski definition) is 0. The monoisotopic (exact) mass is 436 g/mol. The van der Waals surface area contributed by atoms with Crippen molar-refractivity contribution in [2.75, 3.05) is 27.4 Å². The number of rotatable bonds is 9. The predicted octanol–water partition coefficient (Wildman–Crippen LogP) is 2.34. The zero-order valence-electron chi connectivity index (χ0n) is 18.1. The molecule has 0 saturated carbocycles. The van der Waals surface area contributed by atoms with Crippen molar-refractivity contribution >= 4 is 21.8 Å². The maximum atomic E-state index is 13.4. The molecule has 1 heterocycles. The quantitative estimate of drug-likeness (QED) is 0.442. The molecule has 9 heteroatoms. The van der Waals surface area contributed by atoms with Crippen molar-refractivity contribution in [1.29, 1.82) is 0 Å². The lowest BCUT2D eigenvalue weighted by Gasteiger charge is -2.27. The first-order valence-electron chi connectivity index (χ1n) is 9.43. The predicted molar refractivity (Wildman–Crippen MR) is 112 cm³/mol. The van der Waals surface area contributed by atoms with Crippen LogP contribution in [0.25, 0.3) is 0 Å². The van der Waals surface area contributed by atoms with E-state index >= 15 is 0 Å². The van der Waals surface area contributed by atoms with Crippen LogP contribution < -0.4 is 0 Å². The van der Waals surface area contributed by atoms with Crippen LogP contribution in [-0.4, -0.2) is 62.5 Å². The van der Waals surface area contributed by atoms with Gasteiger partial charge < -0.3 is 14.0 Å². The number of ketones is 1. The number of carbonyl (C=O) groups excluding carboxylic acids is 2. The highest BCUT2D eigenvalue weighted by atomic mass is 32.2. The normalized spacial score (nSPS) is 12.8. The molecule has 0 N–H and O–H groups in total. The second-order valence-electron chi connectivity index (χ2n) is 6.95. The first-order chi connectivity index (χ1) is 14.1. The average molecular weight is 437 g/mol. The van der Waals surface area contributed by atoms with E-state index in [4.69, 9.17) is 9.47 Å². The minimum Gasteiger partial charge on any atom is -0.464 e. The van der Waals surface area contributed by atoms with Crippen LogP contribution >= 0.6 is 0 Å². The number of methoxy groups -OCH3 is 2. The maximum Gasteiger partial charge on any atom is 0.354 e. The Kier molecular flexibility index (Phi) is 7.57. The number of hydrogen-bond acceptors (Lipinski definition) is 6. The van der Waals surface area contributed by atoms with E-state index in [0.717, 1.165) is 4.31 Å². The summed E-state index contributed by atoms with van der Waals surface area (Å²) in [5, 5.41) is 0. The first kappa shape index (κ1) is 23.8. The van der Waals surface area contributed by atoms with Crippen LogP contribution in [0.3, 0.4) is 0 Å². The molecule has 1 atom stereocenters. The summed E-state index contributed by atoms with van der Waals surface area (Å²) in [6.07, 6.45) is 0. The minimum atomic E-state index is -3.94. The van der Waals surface area contributed by atoms with Gasteiger partial charge in [-0.05, 0) is 38.5 Å². The second-order valence-corrected chi connectivity index (χ2v) is 8.84. The van der Waals surface area contributed by atoms with Crippen LogP contribution in [0.5, 0.6) is 0 Å². The van der Waals surface area contributed by atoms with Gasteiger partial charge in [-0.25, -0.2) is 13.2 Å². The third-order valence-corrected chi connectivity index (χ3v) is 7.22. The Morgan fingerprint density at radius 2 is 1.73 bits per heavy atom. The molecule has 0 saturated heterocycles. The van der Waals surface area contributed by atoms with E-state index in [1.165, 1.54) is 26.4 Å². The van der Waals surface area contributed by atoms with Gasteiger partial charge in [0.15, 0.2) is 5.78 Å². The Labute approximate surface area is 177 Å². The van der Waals surface area contributed by atoms with Gasteiger partial charge in [0.25, 0.3) is 0 Å². The molecule has 1 aromatic heterocycles. The average Bonchev–Trinajstić information content (AvgIpc) is 2.95. The Morgan fingerprint density at radius 3 is 2.27 bits per heavy atom. The van der Waals surface area contributed by atoms with E-state index in [-0.39, 0.29) is 23.7 Å². The molecule has 2 rings (SSSR count). The van der Waals surface area contributed by atoms with Crippen LogP contribution in [0.2, 0.25) is 0 Å². The fraction of sp³-hybridized carbons (Fsp3) is 0.429. The Morgan fingerprint density at radius 1 is 1.13 bits per heavy atom. The SMILES string of the molecule is COCCN(C(C)C(=O)c1c(C)c(C(=O)OC)n(C)c1C)S(=O)(=O)c1ccccc1. The van der Waals surface area contributed by atoms with Gasteiger partial charge >= 0.3 is 5.97 Å². The van der Waals surface area contributed by atoms with E-state index in [9.17, 15) is 18.0 Å². The third kappa shape index (κ3) is 4.33. The van der Waals surface area contributed by atoms with Crippen molar-refractivity contribution in [1.82, 2.24) is 8.87 Å². The zero-order valence-corrected chi connectivity index (χ0v) is 18.9. The van der Waals surface area contributed by atoms with E-state index < -0.39 is 27.8 Å². The van der Waals surface area contributed by atoms with Gasteiger partial charge in [0.05, 0.1) is 24.7 Å². The molecule has 0 radical (unpaired) electrons. The molecule has 0 aliphatic carbocycles. The van der Waals surface area contributed by atoms with Crippen molar-refractivity contribution in [3.8, 4) is 0 Å². The number of ether oxygens (including phenoxy) is 2. The molecule has 1 unspecified atom stereocenters. The van der Waals surface area contributed by atoms with Gasteiger partial charge in [-0.3, -0.25) is 4.79 Å². The Balaban J connectivity index is 2.53. The second kappa shape index (κ2) is 9.55. The summed E-state index contributed by atoms with van der Waals surface area (Å²) in [7, 11) is 0.462. The minimum absolute atomic E-state index is 0.00935. The Bertz CT molecular complexity index is 1030. The first-order valence-corrected chi connectivity index (χ1v) is 10.9. The van der Waals surface area contributed by atoms with Crippen LogP contribution in [0.4, 0.5) is 0 Å². The van der Waals surface area contributed by atoms with Gasteiger partial charge in [0, 0.05) is 32.0 Å². The molecule has 2 aromatic rings. The number of carbonyl (C=O) groups is 2. The summed E-state index contributed by atoms with van der Waals surface area (Å²) < 4.78 is 39.1. The smallest absolute Gasteiger partial charge is 0.354 e. The summed E-state index contributed by atoms with van der Waals surface area (Å²) in [5.41, 5.74) is 1.60. The summed E-state index contributed by atoms with van der Waals surface area (Å²) in [5.74, 6) is -0.954. The van der Waals surface area contributed by atoms with E-state index in [1.54, 1.807) is 50.6 Å². The molecule has 0 bridgehead atoms. The standard InChI is InChI=1S/C21H28N2O6S/c1-14-18(15(2)22(4)19(14)21(25)29-6)20(24)16(3)23(12-13-28-5)30(26,27)17-10-8-7-9-11-17/h7-11,16H,12-13H2,1-6H3. The molecule has 0 fully saturated rings. The molecular weight excluding hydrogens is 408 g/mol. The Hall–Kier alpha value is -2.49. The number of Topliss-reactive ketones (excluding diaryl/α,β-unsaturated/α-hetero) is 1. The van der Waals surface area contributed by atoms with Gasteiger partial charge in [-0.2, -0.15) is 4.31 Å². The van der Waals surface area contributed by atoms with E-state index in [0.29, 0.717) is 16.8 Å². The van der Waals surface area contributed by atoms with Crippen LogP contribution in [0.1, 0.15) is 39.0 Å². The van der Waals surface area contributed by atoms with Gasteiger partial charge in [0.2, 0.25) is 10.0 Å². The number of nitrogens with zero attached hydrogens (tertiary/aromatic N) is 2. The topological polar surface area (TPSA) is 94.9 Å². The maximum absolute atomic E-state index is 13.4. The molecule has 0 spiro atoms. The molecular formula is C21H28N2O6S. The van der Waals surface area contributed by atoms with E-state index in [1.807, 2.05) is 0 Å². The molecule has 0 amide bonds. The molecule has 0 aliphatic rings. The van der Waals surface area contributed by atoms with Crippen LogP contribution in [-0.2, 0) is 26.5 Å². The number of aromatic nitrogens is 1. The molecule has 0 aliphatic heterocycles. The fourth-order valence-corrected chi connectivity index (χ4v) is 5.10. The lowest BCUT2D eigenvalue weighted by Crippen LogP contribution is -2.45. The third-order valence-electron chi connectivity index (χ3n) is 5.23. The fourth-order valence-electron chi connectivity index (χ4n) is 3.50.